The van der Waals surface area contributed by atoms with E-state index < -0.39 is 5.82 Å². The molecule has 0 fully saturated rings. The SMILES string of the molecule is Cn1cc(C(=O)Nc2ccn(Cc3c(F)cccc3Cl)n2)cn1. The second-order valence-corrected chi connectivity index (χ2v) is 5.36. The Labute approximate surface area is 136 Å². The molecular formula is C15H13ClFN5O. The predicted molar refractivity (Wildman–Crippen MR) is 83.9 cm³/mol. The van der Waals surface area contributed by atoms with Crippen LogP contribution in [0, 0.1) is 5.82 Å². The number of halogens is 2. The van der Waals surface area contributed by atoms with E-state index >= 15 is 0 Å². The number of anilines is 1. The van der Waals surface area contributed by atoms with Crippen LogP contribution in [-0.2, 0) is 13.6 Å². The Kier molecular flexibility index (Phi) is 4.12. The maximum atomic E-state index is 13.8. The fraction of sp³-hybridized carbons (Fsp3) is 0.133. The van der Waals surface area contributed by atoms with Crippen molar-refractivity contribution in [3.05, 3.63) is 64.8 Å². The van der Waals surface area contributed by atoms with Gasteiger partial charge >= 0.3 is 0 Å². The monoisotopic (exact) mass is 333 g/mol. The molecule has 2 heterocycles. The number of benzene rings is 1. The summed E-state index contributed by atoms with van der Waals surface area (Å²) in [6, 6.07) is 6.14. The molecule has 1 amide bonds. The van der Waals surface area contributed by atoms with Crippen LogP contribution in [0.1, 0.15) is 15.9 Å². The van der Waals surface area contributed by atoms with Gasteiger partial charge in [-0.2, -0.15) is 10.2 Å². The second-order valence-electron chi connectivity index (χ2n) is 4.96. The van der Waals surface area contributed by atoms with Crippen LogP contribution in [0.3, 0.4) is 0 Å². The summed E-state index contributed by atoms with van der Waals surface area (Å²) in [7, 11) is 1.73. The molecule has 6 nitrogen and oxygen atoms in total. The van der Waals surface area contributed by atoms with Gasteiger partial charge in [-0.1, -0.05) is 17.7 Å². The highest BCUT2D eigenvalue weighted by atomic mass is 35.5. The molecular weight excluding hydrogens is 321 g/mol. The number of nitrogens with zero attached hydrogens (tertiary/aromatic N) is 4. The molecule has 0 atom stereocenters. The molecule has 0 spiro atoms. The molecule has 23 heavy (non-hydrogen) atoms. The first-order chi connectivity index (χ1) is 11.0. The molecule has 0 aliphatic heterocycles. The third-order valence-corrected chi connectivity index (χ3v) is 3.59. The first kappa shape index (κ1) is 15.2. The van der Waals surface area contributed by atoms with E-state index in [-0.39, 0.29) is 12.5 Å². The average Bonchev–Trinajstić information content (AvgIpc) is 3.12. The van der Waals surface area contributed by atoms with Crippen molar-refractivity contribution < 1.29 is 9.18 Å². The summed E-state index contributed by atoms with van der Waals surface area (Å²) in [6.07, 6.45) is 4.71. The van der Waals surface area contributed by atoms with Crippen LogP contribution in [0.25, 0.3) is 0 Å². The summed E-state index contributed by atoms with van der Waals surface area (Å²) >= 11 is 5.99. The number of carbonyl (C=O) groups excluding carboxylic acids is 1. The van der Waals surface area contributed by atoms with Crippen molar-refractivity contribution >= 4 is 23.3 Å². The van der Waals surface area contributed by atoms with E-state index in [1.807, 2.05) is 0 Å². The number of carbonyl (C=O) groups is 1. The molecule has 0 aliphatic rings. The average molecular weight is 334 g/mol. The quantitative estimate of drug-likeness (QED) is 0.798. The lowest BCUT2D eigenvalue weighted by molar-refractivity contribution is 0.102. The summed E-state index contributed by atoms with van der Waals surface area (Å²) in [5, 5.41) is 11.1. The Morgan fingerprint density at radius 3 is 2.91 bits per heavy atom. The third-order valence-electron chi connectivity index (χ3n) is 3.23. The van der Waals surface area contributed by atoms with Gasteiger partial charge in [0.05, 0.1) is 18.3 Å². The summed E-state index contributed by atoms with van der Waals surface area (Å²) in [4.78, 5) is 12.0. The third kappa shape index (κ3) is 3.40. The van der Waals surface area contributed by atoms with Crippen LogP contribution < -0.4 is 5.32 Å². The number of amides is 1. The normalized spacial score (nSPS) is 10.7. The van der Waals surface area contributed by atoms with Crippen molar-refractivity contribution in [2.75, 3.05) is 5.32 Å². The molecule has 0 aliphatic carbocycles. The number of aromatic nitrogens is 4. The minimum Gasteiger partial charge on any atom is -0.305 e. The van der Waals surface area contributed by atoms with Gasteiger partial charge in [0.25, 0.3) is 5.91 Å². The van der Waals surface area contributed by atoms with Crippen LogP contribution in [0.15, 0.2) is 42.9 Å². The van der Waals surface area contributed by atoms with Gasteiger partial charge in [-0.05, 0) is 12.1 Å². The number of nitrogens with one attached hydrogen (secondary N) is 1. The maximum Gasteiger partial charge on any atom is 0.260 e. The van der Waals surface area contributed by atoms with Crippen LogP contribution in [-0.4, -0.2) is 25.5 Å². The van der Waals surface area contributed by atoms with Gasteiger partial charge in [-0.25, -0.2) is 4.39 Å². The molecule has 0 unspecified atom stereocenters. The topological polar surface area (TPSA) is 64.7 Å². The van der Waals surface area contributed by atoms with Gasteiger partial charge in [-0.3, -0.25) is 14.2 Å². The van der Waals surface area contributed by atoms with E-state index in [4.69, 9.17) is 11.6 Å². The molecule has 2 aromatic heterocycles. The van der Waals surface area contributed by atoms with Crippen LogP contribution in [0.4, 0.5) is 10.2 Å². The van der Waals surface area contributed by atoms with Gasteiger partial charge in [0.2, 0.25) is 0 Å². The first-order valence-corrected chi connectivity index (χ1v) is 7.17. The lowest BCUT2D eigenvalue weighted by Gasteiger charge is -2.06. The number of aryl methyl sites for hydroxylation is 1. The number of rotatable bonds is 4. The highest BCUT2D eigenvalue weighted by Crippen LogP contribution is 2.20. The molecule has 3 aromatic rings. The Bertz CT molecular complexity index is 837. The van der Waals surface area contributed by atoms with Gasteiger partial charge in [0.15, 0.2) is 5.82 Å². The van der Waals surface area contributed by atoms with Gasteiger partial charge in [-0.15, -0.1) is 0 Å². The highest BCUT2D eigenvalue weighted by Gasteiger charge is 2.11. The largest absolute Gasteiger partial charge is 0.305 e. The molecule has 3 rings (SSSR count). The van der Waals surface area contributed by atoms with E-state index in [1.54, 1.807) is 37.6 Å². The fourth-order valence-electron chi connectivity index (χ4n) is 2.09. The Hall–Kier alpha value is -2.67. The van der Waals surface area contributed by atoms with Crippen molar-refractivity contribution in [3.63, 3.8) is 0 Å². The lowest BCUT2D eigenvalue weighted by atomic mass is 10.2. The minimum absolute atomic E-state index is 0.175. The van der Waals surface area contributed by atoms with Crippen molar-refractivity contribution in [2.24, 2.45) is 7.05 Å². The molecule has 1 aromatic carbocycles. The Balaban J connectivity index is 1.72. The molecule has 118 valence electrons. The summed E-state index contributed by atoms with van der Waals surface area (Å²) in [5.41, 5.74) is 0.779. The van der Waals surface area contributed by atoms with E-state index in [0.717, 1.165) is 0 Å². The highest BCUT2D eigenvalue weighted by molar-refractivity contribution is 6.31. The Morgan fingerprint density at radius 1 is 1.39 bits per heavy atom. The second kappa shape index (κ2) is 6.21. The number of hydrogen-bond donors (Lipinski definition) is 1. The number of hydrogen-bond acceptors (Lipinski definition) is 3. The standard InChI is InChI=1S/C15H13ClFN5O/c1-21-8-10(7-18-21)15(23)19-14-5-6-22(20-14)9-11-12(16)3-2-4-13(11)17/h2-8H,9H2,1H3,(H,19,20,23). The van der Waals surface area contributed by atoms with E-state index in [0.29, 0.717) is 22.0 Å². The lowest BCUT2D eigenvalue weighted by Crippen LogP contribution is -2.12. The zero-order valence-electron chi connectivity index (χ0n) is 12.2. The van der Waals surface area contributed by atoms with Crippen LogP contribution in [0.2, 0.25) is 5.02 Å². The summed E-state index contributed by atoms with van der Waals surface area (Å²) in [6.45, 7) is 0.175. The molecule has 0 bridgehead atoms. The van der Waals surface area contributed by atoms with E-state index in [9.17, 15) is 9.18 Å². The van der Waals surface area contributed by atoms with Gasteiger partial charge in [0, 0.05) is 36.1 Å². The zero-order chi connectivity index (χ0) is 16.4. The minimum atomic E-state index is -0.394. The molecule has 0 saturated carbocycles. The predicted octanol–water partition coefficient (Wildman–Crippen LogP) is 2.71. The molecule has 0 saturated heterocycles. The van der Waals surface area contributed by atoms with Gasteiger partial charge in [0.1, 0.15) is 5.82 Å². The zero-order valence-corrected chi connectivity index (χ0v) is 13.0. The Morgan fingerprint density at radius 2 is 2.22 bits per heavy atom. The van der Waals surface area contributed by atoms with Crippen LogP contribution in [0.5, 0.6) is 0 Å². The van der Waals surface area contributed by atoms with Crippen molar-refractivity contribution in [1.29, 1.82) is 0 Å². The van der Waals surface area contributed by atoms with Crippen molar-refractivity contribution in [3.8, 4) is 0 Å². The van der Waals surface area contributed by atoms with Crippen molar-refractivity contribution in [1.82, 2.24) is 19.6 Å². The first-order valence-electron chi connectivity index (χ1n) is 6.79. The van der Waals surface area contributed by atoms with E-state index in [1.165, 1.54) is 21.6 Å². The molecule has 1 N–H and O–H groups in total. The van der Waals surface area contributed by atoms with Crippen LogP contribution >= 0.6 is 11.6 Å². The smallest absolute Gasteiger partial charge is 0.260 e. The molecule has 0 radical (unpaired) electrons. The van der Waals surface area contributed by atoms with E-state index in [2.05, 4.69) is 15.5 Å². The summed E-state index contributed by atoms with van der Waals surface area (Å²) < 4.78 is 16.8. The molecule has 8 heteroatoms. The fourth-order valence-corrected chi connectivity index (χ4v) is 2.31. The van der Waals surface area contributed by atoms with Crippen molar-refractivity contribution in [2.45, 2.75) is 6.54 Å². The summed E-state index contributed by atoms with van der Waals surface area (Å²) in [5.74, 6) is -0.340. The maximum absolute atomic E-state index is 13.8. The van der Waals surface area contributed by atoms with Gasteiger partial charge < -0.3 is 5.32 Å².